The number of nitrogens with one attached hydrogen (secondary N) is 1. The normalized spacial score (nSPS) is 20.9. The summed E-state index contributed by atoms with van der Waals surface area (Å²) in [5.41, 5.74) is 0.146. The number of nitrogens with zero attached hydrogens (tertiary/aromatic N) is 1. The zero-order chi connectivity index (χ0) is 13.1. The van der Waals surface area contributed by atoms with Gasteiger partial charge in [0.25, 0.3) is 0 Å². The van der Waals surface area contributed by atoms with Gasteiger partial charge in [0.1, 0.15) is 0 Å². The molecule has 2 rings (SSSR count). The van der Waals surface area contributed by atoms with Crippen LogP contribution in [0.15, 0.2) is 12.1 Å². The summed E-state index contributed by atoms with van der Waals surface area (Å²) in [5, 5.41) is 3.34. The third kappa shape index (κ3) is 2.61. The van der Waals surface area contributed by atoms with Crippen LogP contribution in [0.5, 0.6) is 0 Å². The summed E-state index contributed by atoms with van der Waals surface area (Å²) in [4.78, 5) is 1.76. The largest absolute Gasteiger partial charge is 0.368 e. The molecule has 1 aromatic rings. The first-order valence-corrected chi connectivity index (χ1v) is 6.25. The summed E-state index contributed by atoms with van der Waals surface area (Å²) < 4.78 is 39.8. The Bertz CT molecular complexity index is 423. The Balaban J connectivity index is 2.19. The third-order valence-corrected chi connectivity index (χ3v) is 3.41. The van der Waals surface area contributed by atoms with Gasteiger partial charge >= 0.3 is 0 Å². The van der Waals surface area contributed by atoms with Crippen molar-refractivity contribution in [3.8, 4) is 0 Å². The van der Waals surface area contributed by atoms with E-state index in [4.69, 9.17) is 0 Å². The smallest absolute Gasteiger partial charge is 0.196 e. The molecule has 0 saturated carbocycles. The van der Waals surface area contributed by atoms with Crippen LogP contribution in [0.1, 0.15) is 19.8 Å². The fourth-order valence-electron chi connectivity index (χ4n) is 2.28. The van der Waals surface area contributed by atoms with Crippen molar-refractivity contribution in [1.82, 2.24) is 5.32 Å². The molecule has 1 saturated heterocycles. The Labute approximate surface area is 105 Å². The molecular formula is C13H17F3N2. The van der Waals surface area contributed by atoms with Gasteiger partial charge in [-0.3, -0.25) is 0 Å². The summed E-state index contributed by atoms with van der Waals surface area (Å²) in [6.07, 6.45) is 1.88. The Morgan fingerprint density at radius 1 is 1.22 bits per heavy atom. The first-order valence-electron chi connectivity index (χ1n) is 6.25. The zero-order valence-corrected chi connectivity index (χ0v) is 10.3. The Kier molecular flexibility index (Phi) is 4.11. The van der Waals surface area contributed by atoms with E-state index in [9.17, 15) is 13.2 Å². The number of rotatable bonds is 2. The number of halogens is 3. The van der Waals surface area contributed by atoms with Crippen LogP contribution in [0.3, 0.4) is 0 Å². The Morgan fingerprint density at radius 2 is 2.00 bits per heavy atom. The van der Waals surface area contributed by atoms with E-state index in [1.54, 1.807) is 4.90 Å². The molecule has 0 aliphatic carbocycles. The average Bonchev–Trinajstić information content (AvgIpc) is 2.61. The molecule has 1 aliphatic rings. The summed E-state index contributed by atoms with van der Waals surface area (Å²) in [6, 6.07) is 2.69. The fraction of sp³-hybridized carbons (Fsp3) is 0.538. The van der Waals surface area contributed by atoms with Crippen LogP contribution in [-0.2, 0) is 0 Å². The minimum Gasteiger partial charge on any atom is -0.368 e. The van der Waals surface area contributed by atoms with Crippen molar-refractivity contribution in [2.45, 2.75) is 25.8 Å². The van der Waals surface area contributed by atoms with E-state index >= 15 is 0 Å². The minimum absolute atomic E-state index is 0.146. The van der Waals surface area contributed by atoms with Crippen molar-refractivity contribution < 1.29 is 13.2 Å². The summed E-state index contributed by atoms with van der Waals surface area (Å²) >= 11 is 0. The quantitative estimate of drug-likeness (QED) is 0.820. The van der Waals surface area contributed by atoms with Crippen LogP contribution < -0.4 is 10.2 Å². The van der Waals surface area contributed by atoms with E-state index in [-0.39, 0.29) is 5.69 Å². The minimum atomic E-state index is -1.39. The van der Waals surface area contributed by atoms with Crippen LogP contribution in [0.4, 0.5) is 18.9 Å². The summed E-state index contributed by atoms with van der Waals surface area (Å²) in [6.45, 7) is 4.05. The number of benzene rings is 1. The average molecular weight is 258 g/mol. The molecule has 0 amide bonds. The van der Waals surface area contributed by atoms with Gasteiger partial charge in [0, 0.05) is 25.7 Å². The molecule has 100 valence electrons. The Morgan fingerprint density at radius 3 is 2.72 bits per heavy atom. The van der Waals surface area contributed by atoms with E-state index in [0.29, 0.717) is 19.1 Å². The van der Waals surface area contributed by atoms with Crippen molar-refractivity contribution in [2.24, 2.45) is 0 Å². The first kappa shape index (κ1) is 13.2. The third-order valence-electron chi connectivity index (χ3n) is 3.41. The standard InChI is InChI=1S/C13H17F3N2/c1-2-9-5-7-18(8-6-17-9)11-4-3-10(14)12(15)13(11)16/h3-4,9,17H,2,5-8H2,1H3. The molecule has 1 N–H and O–H groups in total. The predicted molar refractivity (Wildman–Crippen MR) is 65.2 cm³/mol. The highest BCUT2D eigenvalue weighted by Gasteiger charge is 2.21. The maximum absolute atomic E-state index is 13.7. The monoisotopic (exact) mass is 258 g/mol. The van der Waals surface area contributed by atoms with Gasteiger partial charge < -0.3 is 10.2 Å². The number of hydrogen-bond acceptors (Lipinski definition) is 2. The van der Waals surface area contributed by atoms with Gasteiger partial charge in [-0.1, -0.05) is 6.92 Å². The van der Waals surface area contributed by atoms with Crippen LogP contribution >= 0.6 is 0 Å². The molecule has 18 heavy (non-hydrogen) atoms. The summed E-state index contributed by atoms with van der Waals surface area (Å²) in [7, 11) is 0. The van der Waals surface area contributed by atoms with Crippen molar-refractivity contribution >= 4 is 5.69 Å². The van der Waals surface area contributed by atoms with Crippen molar-refractivity contribution in [2.75, 3.05) is 24.5 Å². The van der Waals surface area contributed by atoms with Crippen LogP contribution in [-0.4, -0.2) is 25.7 Å². The van der Waals surface area contributed by atoms with E-state index in [1.807, 2.05) is 0 Å². The molecule has 0 aromatic heterocycles. The Hall–Kier alpha value is -1.23. The second-order valence-electron chi connectivity index (χ2n) is 4.53. The van der Waals surface area contributed by atoms with Crippen LogP contribution in [0.2, 0.25) is 0 Å². The lowest BCUT2D eigenvalue weighted by atomic mass is 10.1. The topological polar surface area (TPSA) is 15.3 Å². The number of anilines is 1. The van der Waals surface area contributed by atoms with Crippen LogP contribution in [0, 0.1) is 17.5 Å². The predicted octanol–water partition coefficient (Wildman–Crippen LogP) is 2.68. The van der Waals surface area contributed by atoms with Gasteiger partial charge in [0.05, 0.1) is 5.69 Å². The lowest BCUT2D eigenvalue weighted by Crippen LogP contribution is -2.30. The fourth-order valence-corrected chi connectivity index (χ4v) is 2.28. The molecule has 1 unspecified atom stereocenters. The van der Waals surface area contributed by atoms with Gasteiger partial charge in [-0.05, 0) is 25.0 Å². The van der Waals surface area contributed by atoms with Gasteiger partial charge in [0.15, 0.2) is 17.5 Å². The van der Waals surface area contributed by atoms with Gasteiger partial charge in [0.2, 0.25) is 0 Å². The highest BCUT2D eigenvalue weighted by atomic mass is 19.2. The molecular weight excluding hydrogens is 241 g/mol. The molecule has 1 fully saturated rings. The highest BCUT2D eigenvalue weighted by Crippen LogP contribution is 2.24. The molecule has 1 aliphatic heterocycles. The molecule has 0 spiro atoms. The van der Waals surface area contributed by atoms with Gasteiger partial charge in [-0.2, -0.15) is 0 Å². The molecule has 1 atom stereocenters. The van der Waals surface area contributed by atoms with Crippen molar-refractivity contribution in [3.63, 3.8) is 0 Å². The van der Waals surface area contributed by atoms with E-state index < -0.39 is 17.5 Å². The van der Waals surface area contributed by atoms with Gasteiger partial charge in [-0.15, -0.1) is 0 Å². The summed E-state index contributed by atoms with van der Waals surface area (Å²) in [5.74, 6) is -3.63. The lowest BCUT2D eigenvalue weighted by Gasteiger charge is -2.23. The van der Waals surface area contributed by atoms with Crippen molar-refractivity contribution in [1.29, 1.82) is 0 Å². The second-order valence-corrected chi connectivity index (χ2v) is 4.53. The van der Waals surface area contributed by atoms with E-state index in [1.165, 1.54) is 6.07 Å². The molecule has 5 heteroatoms. The first-order chi connectivity index (χ1) is 8.63. The number of hydrogen-bond donors (Lipinski definition) is 1. The van der Waals surface area contributed by atoms with E-state index in [0.717, 1.165) is 25.5 Å². The maximum Gasteiger partial charge on any atom is 0.196 e. The molecule has 1 aromatic carbocycles. The molecule has 2 nitrogen and oxygen atoms in total. The molecule has 0 bridgehead atoms. The SMILES string of the molecule is CCC1CCN(c2ccc(F)c(F)c2F)CCN1. The van der Waals surface area contributed by atoms with E-state index in [2.05, 4.69) is 12.2 Å². The zero-order valence-electron chi connectivity index (χ0n) is 10.3. The second kappa shape index (κ2) is 5.61. The molecule has 1 heterocycles. The maximum atomic E-state index is 13.7. The lowest BCUT2D eigenvalue weighted by molar-refractivity contribution is 0.446. The van der Waals surface area contributed by atoms with Crippen molar-refractivity contribution in [3.05, 3.63) is 29.6 Å². The molecule has 0 radical (unpaired) electrons. The van der Waals surface area contributed by atoms with Gasteiger partial charge in [-0.25, -0.2) is 13.2 Å². The highest BCUT2D eigenvalue weighted by molar-refractivity contribution is 5.48. The van der Waals surface area contributed by atoms with Crippen LogP contribution in [0.25, 0.3) is 0 Å².